The Kier molecular flexibility index (Phi) is 4.20. The summed E-state index contributed by atoms with van der Waals surface area (Å²) < 4.78 is 11.7. The van der Waals surface area contributed by atoms with Crippen molar-refractivity contribution in [3.63, 3.8) is 0 Å². The van der Waals surface area contributed by atoms with Gasteiger partial charge in [0, 0.05) is 6.42 Å². The van der Waals surface area contributed by atoms with Crippen molar-refractivity contribution in [3.8, 4) is 11.5 Å². The highest BCUT2D eigenvalue weighted by Gasteiger charge is 2.29. The lowest BCUT2D eigenvalue weighted by atomic mass is 10.0. The minimum atomic E-state index is 0.138. The molecule has 110 valence electrons. The lowest BCUT2D eigenvalue weighted by Crippen LogP contribution is -2.19. The Morgan fingerprint density at radius 1 is 1.10 bits per heavy atom. The summed E-state index contributed by atoms with van der Waals surface area (Å²) >= 11 is 3.78. The van der Waals surface area contributed by atoms with Crippen molar-refractivity contribution in [3.05, 3.63) is 59.7 Å². The maximum atomic E-state index is 6.04. The predicted octanol–water partition coefficient (Wildman–Crippen LogP) is 4.91. The number of ether oxygens (including phenoxy) is 2. The molecule has 0 saturated carbocycles. The number of alkyl halides is 1. The van der Waals surface area contributed by atoms with Crippen LogP contribution in [0.25, 0.3) is 0 Å². The molecule has 21 heavy (non-hydrogen) atoms. The molecule has 1 heterocycles. The summed E-state index contributed by atoms with van der Waals surface area (Å²) in [5.74, 6) is 1.91. The highest BCUT2D eigenvalue weighted by Crippen LogP contribution is 2.38. The zero-order valence-corrected chi connectivity index (χ0v) is 13.8. The molecule has 0 bridgehead atoms. The van der Waals surface area contributed by atoms with E-state index in [2.05, 4.69) is 40.2 Å². The van der Waals surface area contributed by atoms with Gasteiger partial charge in [0.25, 0.3) is 0 Å². The Hall–Kier alpha value is -1.48. The van der Waals surface area contributed by atoms with E-state index in [0.717, 1.165) is 17.9 Å². The van der Waals surface area contributed by atoms with E-state index in [-0.39, 0.29) is 17.0 Å². The molecule has 1 aliphatic rings. The fourth-order valence-electron chi connectivity index (χ4n) is 2.59. The lowest BCUT2D eigenvalue weighted by Gasteiger charge is -2.18. The predicted molar refractivity (Wildman–Crippen MR) is 88.4 cm³/mol. The fraction of sp³-hybridized carbons (Fsp3) is 0.333. The molecule has 2 nitrogen and oxygen atoms in total. The van der Waals surface area contributed by atoms with Crippen LogP contribution in [0.3, 0.4) is 0 Å². The average molecular weight is 347 g/mol. The van der Waals surface area contributed by atoms with Crippen molar-refractivity contribution in [2.45, 2.75) is 37.3 Å². The molecular formula is C18H19BrO2. The molecule has 0 aliphatic carbocycles. The van der Waals surface area contributed by atoms with Gasteiger partial charge in [0.05, 0.1) is 10.9 Å². The molecule has 3 heteroatoms. The summed E-state index contributed by atoms with van der Waals surface area (Å²) in [6.45, 7) is 4.07. The lowest BCUT2D eigenvalue weighted by molar-refractivity contribution is 0.231. The van der Waals surface area contributed by atoms with Gasteiger partial charge >= 0.3 is 0 Å². The highest BCUT2D eigenvalue weighted by molar-refractivity contribution is 9.09. The third-order valence-corrected chi connectivity index (χ3v) is 4.69. The third-order valence-electron chi connectivity index (χ3n) is 3.57. The minimum absolute atomic E-state index is 0.138. The smallest absolute Gasteiger partial charge is 0.123 e. The Balaban J connectivity index is 1.70. The van der Waals surface area contributed by atoms with Gasteiger partial charge in [0.2, 0.25) is 0 Å². The molecule has 0 spiro atoms. The quantitative estimate of drug-likeness (QED) is 0.732. The van der Waals surface area contributed by atoms with Crippen molar-refractivity contribution in [2.75, 3.05) is 0 Å². The summed E-state index contributed by atoms with van der Waals surface area (Å²) in [5, 5.41) is 0. The first-order valence-corrected chi connectivity index (χ1v) is 8.20. The molecule has 0 fully saturated rings. The van der Waals surface area contributed by atoms with Gasteiger partial charge < -0.3 is 9.47 Å². The van der Waals surface area contributed by atoms with Gasteiger partial charge in [-0.15, -0.1) is 0 Å². The number of hydrogen-bond donors (Lipinski definition) is 0. The molecule has 0 amide bonds. The summed E-state index contributed by atoms with van der Waals surface area (Å²) in [6, 6.07) is 16.5. The molecule has 0 radical (unpaired) electrons. The van der Waals surface area contributed by atoms with E-state index in [0.29, 0.717) is 0 Å². The van der Waals surface area contributed by atoms with Crippen molar-refractivity contribution < 1.29 is 9.47 Å². The SMILES string of the molecule is CC(C)Oc1ccc(C(Br)C2Cc3ccccc3O2)cc1. The zero-order chi connectivity index (χ0) is 14.8. The number of hydrogen-bond acceptors (Lipinski definition) is 2. The Morgan fingerprint density at radius 2 is 1.81 bits per heavy atom. The molecule has 0 N–H and O–H groups in total. The van der Waals surface area contributed by atoms with E-state index in [1.807, 2.05) is 38.1 Å². The monoisotopic (exact) mass is 346 g/mol. The third kappa shape index (κ3) is 3.24. The van der Waals surface area contributed by atoms with Crippen LogP contribution in [0.1, 0.15) is 29.8 Å². The van der Waals surface area contributed by atoms with Crippen molar-refractivity contribution in [1.82, 2.24) is 0 Å². The molecule has 2 aromatic rings. The van der Waals surface area contributed by atoms with Crippen LogP contribution in [-0.4, -0.2) is 12.2 Å². The van der Waals surface area contributed by atoms with Gasteiger partial charge in [-0.3, -0.25) is 0 Å². The second kappa shape index (κ2) is 6.10. The van der Waals surface area contributed by atoms with Gasteiger partial charge in [-0.1, -0.05) is 46.3 Å². The molecule has 2 atom stereocenters. The number of benzene rings is 2. The van der Waals surface area contributed by atoms with Crippen LogP contribution in [0.4, 0.5) is 0 Å². The maximum Gasteiger partial charge on any atom is 0.123 e. The van der Waals surface area contributed by atoms with Crippen molar-refractivity contribution in [1.29, 1.82) is 0 Å². The first kappa shape index (κ1) is 14.5. The van der Waals surface area contributed by atoms with Gasteiger partial charge in [-0.05, 0) is 43.2 Å². The van der Waals surface area contributed by atoms with Gasteiger partial charge in [-0.2, -0.15) is 0 Å². The Morgan fingerprint density at radius 3 is 2.48 bits per heavy atom. The second-order valence-corrected chi connectivity index (χ2v) is 6.59. The molecular weight excluding hydrogens is 328 g/mol. The van der Waals surface area contributed by atoms with E-state index >= 15 is 0 Å². The zero-order valence-electron chi connectivity index (χ0n) is 12.3. The number of rotatable bonds is 4. The first-order chi connectivity index (χ1) is 10.1. The van der Waals surface area contributed by atoms with Crippen molar-refractivity contribution in [2.24, 2.45) is 0 Å². The summed E-state index contributed by atoms with van der Waals surface area (Å²) in [5.41, 5.74) is 2.50. The maximum absolute atomic E-state index is 6.04. The first-order valence-electron chi connectivity index (χ1n) is 7.29. The summed E-state index contributed by atoms with van der Waals surface area (Å²) in [6.07, 6.45) is 1.28. The Labute approximate surface area is 134 Å². The molecule has 2 aromatic carbocycles. The van der Waals surface area contributed by atoms with Crippen LogP contribution >= 0.6 is 15.9 Å². The van der Waals surface area contributed by atoms with Crippen LogP contribution in [-0.2, 0) is 6.42 Å². The van der Waals surface area contributed by atoms with Crippen molar-refractivity contribution >= 4 is 15.9 Å². The van der Waals surface area contributed by atoms with Crippen LogP contribution in [0, 0.1) is 0 Å². The molecule has 1 aliphatic heterocycles. The normalized spacial score (nSPS) is 18.2. The fourth-order valence-corrected chi connectivity index (χ4v) is 3.19. The molecule has 3 rings (SSSR count). The molecule has 2 unspecified atom stereocenters. The number of fused-ring (bicyclic) bond motifs is 1. The van der Waals surface area contributed by atoms with Crippen LogP contribution < -0.4 is 9.47 Å². The number of para-hydroxylation sites is 1. The summed E-state index contributed by atoms with van der Waals surface area (Å²) in [7, 11) is 0. The largest absolute Gasteiger partial charge is 0.491 e. The van der Waals surface area contributed by atoms with E-state index < -0.39 is 0 Å². The molecule has 0 aromatic heterocycles. The average Bonchev–Trinajstić information content (AvgIpc) is 2.90. The topological polar surface area (TPSA) is 18.5 Å². The van der Waals surface area contributed by atoms with E-state index in [4.69, 9.17) is 9.47 Å². The van der Waals surface area contributed by atoms with E-state index in [9.17, 15) is 0 Å². The van der Waals surface area contributed by atoms with E-state index in [1.54, 1.807) is 0 Å². The number of halogens is 1. The Bertz CT molecular complexity index is 582. The van der Waals surface area contributed by atoms with E-state index in [1.165, 1.54) is 11.1 Å². The highest BCUT2D eigenvalue weighted by atomic mass is 79.9. The van der Waals surface area contributed by atoms with Crippen LogP contribution in [0.2, 0.25) is 0 Å². The van der Waals surface area contributed by atoms with Gasteiger partial charge in [0.15, 0.2) is 0 Å². The second-order valence-electron chi connectivity index (χ2n) is 5.61. The molecule has 0 saturated heterocycles. The minimum Gasteiger partial charge on any atom is -0.491 e. The van der Waals surface area contributed by atoms with Gasteiger partial charge in [-0.25, -0.2) is 0 Å². The summed E-state index contributed by atoms with van der Waals surface area (Å²) in [4.78, 5) is 0.179. The standard InChI is InChI=1S/C18H19BrO2/c1-12(2)20-15-9-7-13(8-10-15)18(19)17-11-14-5-3-4-6-16(14)21-17/h3-10,12,17-18H,11H2,1-2H3. The van der Waals surface area contributed by atoms with Crippen LogP contribution in [0.15, 0.2) is 48.5 Å². The van der Waals surface area contributed by atoms with Crippen LogP contribution in [0.5, 0.6) is 11.5 Å². The van der Waals surface area contributed by atoms with Gasteiger partial charge in [0.1, 0.15) is 17.6 Å².